The van der Waals surface area contributed by atoms with Gasteiger partial charge in [-0.25, -0.2) is 4.99 Å². The van der Waals surface area contributed by atoms with Gasteiger partial charge >= 0.3 is 0 Å². The van der Waals surface area contributed by atoms with Crippen molar-refractivity contribution in [1.29, 1.82) is 0 Å². The maximum absolute atomic E-state index is 6.55. The lowest BCUT2D eigenvalue weighted by atomic mass is 10.2. The summed E-state index contributed by atoms with van der Waals surface area (Å²) in [5.74, 6) is 0. The molecule has 0 radical (unpaired) electrons. The molecule has 5 heteroatoms. The fraction of sp³-hybridized carbons (Fsp3) is 0.688. The Bertz CT molecular complexity index is 495. The molecule has 0 fully saturated rings. The molecule has 1 aliphatic carbocycles. The van der Waals surface area contributed by atoms with Gasteiger partial charge in [0.25, 0.3) is 0 Å². The van der Waals surface area contributed by atoms with Gasteiger partial charge in [-0.2, -0.15) is 0 Å². The third kappa shape index (κ3) is 3.84. The summed E-state index contributed by atoms with van der Waals surface area (Å²) < 4.78 is 6.55. The van der Waals surface area contributed by atoms with Crippen LogP contribution in [0.4, 0.5) is 0 Å². The average Bonchev–Trinajstić information content (AvgIpc) is 2.80. The molecule has 1 aliphatic heterocycles. The SMILES string of the molecule is CC1(C)N=C(C2=CC=CC2)P(C([Si](C)(C)C)[Si](C)(C)C)O1. The Balaban J connectivity index is 2.43. The zero-order chi connectivity index (χ0) is 16.1. The molecular weight excluding hydrogens is 309 g/mol. The monoisotopic (exact) mass is 339 g/mol. The molecule has 0 spiro atoms. The van der Waals surface area contributed by atoms with Crippen molar-refractivity contribution in [1.82, 2.24) is 0 Å². The molecule has 0 saturated heterocycles. The van der Waals surface area contributed by atoms with E-state index in [-0.39, 0.29) is 5.72 Å². The molecule has 0 aromatic heterocycles. The molecular formula is C16H30NOPSi2. The number of aliphatic imine (C=N–C) groups is 1. The van der Waals surface area contributed by atoms with Gasteiger partial charge in [-0.05, 0) is 30.7 Å². The fourth-order valence-electron chi connectivity index (χ4n) is 3.61. The summed E-state index contributed by atoms with van der Waals surface area (Å²) in [6, 6.07) is 0. The van der Waals surface area contributed by atoms with E-state index in [1.165, 1.54) is 11.0 Å². The van der Waals surface area contributed by atoms with Crippen molar-refractivity contribution in [3.05, 3.63) is 23.8 Å². The molecule has 1 atom stereocenters. The van der Waals surface area contributed by atoms with E-state index in [0.29, 0.717) is 0 Å². The highest BCUT2D eigenvalue weighted by molar-refractivity contribution is 7.77. The molecule has 0 aromatic rings. The first-order valence-electron chi connectivity index (χ1n) is 7.86. The van der Waals surface area contributed by atoms with Crippen molar-refractivity contribution in [2.24, 2.45) is 4.99 Å². The van der Waals surface area contributed by atoms with Crippen molar-refractivity contribution >= 4 is 29.7 Å². The lowest BCUT2D eigenvalue weighted by molar-refractivity contribution is 0.152. The summed E-state index contributed by atoms with van der Waals surface area (Å²) in [5.41, 5.74) is 2.35. The molecule has 0 bridgehead atoms. The number of hydrogen-bond acceptors (Lipinski definition) is 2. The molecule has 1 unspecified atom stereocenters. The second-order valence-corrected chi connectivity index (χ2v) is 22.7. The first kappa shape index (κ1) is 17.3. The van der Waals surface area contributed by atoms with E-state index in [4.69, 9.17) is 9.52 Å². The third-order valence-corrected chi connectivity index (χ3v) is 20.3. The lowest BCUT2D eigenvalue weighted by Crippen LogP contribution is -2.53. The zero-order valence-corrected chi connectivity index (χ0v) is 17.7. The van der Waals surface area contributed by atoms with Crippen LogP contribution in [0.3, 0.4) is 0 Å². The first-order valence-corrected chi connectivity index (χ1v) is 16.3. The molecule has 0 saturated carbocycles. The maximum Gasteiger partial charge on any atom is 0.158 e. The molecule has 2 aliphatic rings. The Morgan fingerprint density at radius 3 is 2.14 bits per heavy atom. The highest BCUT2D eigenvalue weighted by Crippen LogP contribution is 2.60. The van der Waals surface area contributed by atoms with Crippen molar-refractivity contribution < 1.29 is 4.52 Å². The van der Waals surface area contributed by atoms with Gasteiger partial charge in [-0.3, -0.25) is 0 Å². The van der Waals surface area contributed by atoms with Crippen LogP contribution in [0, 0.1) is 0 Å². The van der Waals surface area contributed by atoms with E-state index in [9.17, 15) is 0 Å². The minimum atomic E-state index is -1.31. The van der Waals surface area contributed by atoms with E-state index in [1.54, 1.807) is 0 Å². The standard InChI is InChI=1S/C16H30NOPSi2/c1-16(2)17-14(13-11-9-10-12-13)19(18-16)15(20(3,4)5)21(6,7)8/h9-11,15H,12H2,1-8H3. The number of rotatable bonds is 4. The lowest BCUT2D eigenvalue weighted by Gasteiger charge is -2.42. The summed E-state index contributed by atoms with van der Waals surface area (Å²) in [6.07, 6.45) is 7.66. The Labute approximate surface area is 133 Å². The van der Waals surface area contributed by atoms with Crippen LogP contribution in [0.1, 0.15) is 20.3 Å². The van der Waals surface area contributed by atoms with Crippen LogP contribution < -0.4 is 0 Å². The molecule has 0 N–H and O–H groups in total. The van der Waals surface area contributed by atoms with E-state index in [0.717, 1.165) is 11.3 Å². The van der Waals surface area contributed by atoms with Gasteiger partial charge in [-0.1, -0.05) is 57.5 Å². The van der Waals surface area contributed by atoms with Crippen molar-refractivity contribution in [2.75, 3.05) is 0 Å². The van der Waals surface area contributed by atoms with Gasteiger partial charge in [0, 0.05) is 0 Å². The molecule has 1 heterocycles. The molecule has 118 valence electrons. The minimum absolute atomic E-state index is 0.345. The van der Waals surface area contributed by atoms with Gasteiger partial charge in [0.1, 0.15) is 0 Å². The molecule has 0 amide bonds. The quantitative estimate of drug-likeness (QED) is 0.485. The number of nitrogens with zero attached hydrogens (tertiary/aromatic N) is 1. The average molecular weight is 340 g/mol. The fourth-order valence-corrected chi connectivity index (χ4v) is 22.4. The van der Waals surface area contributed by atoms with Gasteiger partial charge < -0.3 is 4.52 Å². The minimum Gasteiger partial charge on any atom is -0.326 e. The van der Waals surface area contributed by atoms with Crippen LogP contribution in [-0.4, -0.2) is 32.2 Å². The third-order valence-electron chi connectivity index (χ3n) is 3.84. The normalized spacial score (nSPS) is 25.5. The Kier molecular flexibility index (Phi) is 4.59. The van der Waals surface area contributed by atoms with Crippen LogP contribution in [-0.2, 0) is 4.52 Å². The predicted molar refractivity (Wildman–Crippen MR) is 102 cm³/mol. The van der Waals surface area contributed by atoms with Crippen LogP contribution in [0.15, 0.2) is 28.8 Å². The Hall–Kier alpha value is -0.0262. The van der Waals surface area contributed by atoms with Crippen molar-refractivity contribution in [2.45, 2.75) is 70.2 Å². The van der Waals surface area contributed by atoms with Crippen molar-refractivity contribution in [3.63, 3.8) is 0 Å². The number of hydrogen-bond donors (Lipinski definition) is 0. The highest BCUT2D eigenvalue weighted by atomic mass is 31.1. The summed E-state index contributed by atoms with van der Waals surface area (Å²) in [4.78, 5) is 5.74. The van der Waals surface area contributed by atoms with Crippen LogP contribution in [0.25, 0.3) is 0 Å². The van der Waals surface area contributed by atoms with Crippen LogP contribution in [0.2, 0.25) is 39.3 Å². The zero-order valence-electron chi connectivity index (χ0n) is 14.8. The van der Waals surface area contributed by atoms with Crippen LogP contribution in [0.5, 0.6) is 0 Å². The van der Waals surface area contributed by atoms with Gasteiger partial charge in [0.2, 0.25) is 0 Å². The number of allylic oxidation sites excluding steroid dienone is 4. The largest absolute Gasteiger partial charge is 0.326 e. The van der Waals surface area contributed by atoms with E-state index in [1.807, 2.05) is 0 Å². The summed E-state index contributed by atoms with van der Waals surface area (Å²) in [6.45, 7) is 19.3. The van der Waals surface area contributed by atoms with Gasteiger partial charge in [0.05, 0.1) is 29.7 Å². The van der Waals surface area contributed by atoms with Crippen molar-refractivity contribution in [3.8, 4) is 0 Å². The molecule has 2 nitrogen and oxygen atoms in total. The van der Waals surface area contributed by atoms with Gasteiger partial charge in [0.15, 0.2) is 5.72 Å². The first-order chi connectivity index (χ1) is 9.42. The summed E-state index contributed by atoms with van der Waals surface area (Å²) in [5, 5.41) is 0. The predicted octanol–water partition coefficient (Wildman–Crippen LogP) is 5.56. The second kappa shape index (κ2) is 5.56. The van der Waals surface area contributed by atoms with E-state index in [2.05, 4.69) is 71.4 Å². The maximum atomic E-state index is 6.55. The van der Waals surface area contributed by atoms with E-state index < -0.39 is 24.3 Å². The van der Waals surface area contributed by atoms with Crippen LogP contribution >= 0.6 is 8.15 Å². The molecule has 2 rings (SSSR count). The van der Waals surface area contributed by atoms with E-state index >= 15 is 0 Å². The molecule has 21 heavy (non-hydrogen) atoms. The topological polar surface area (TPSA) is 21.6 Å². The smallest absolute Gasteiger partial charge is 0.158 e. The summed E-state index contributed by atoms with van der Waals surface area (Å²) in [7, 11) is -3.19. The Morgan fingerprint density at radius 2 is 1.71 bits per heavy atom. The second-order valence-electron chi connectivity index (χ2n) is 8.76. The molecule has 0 aromatic carbocycles. The summed E-state index contributed by atoms with van der Waals surface area (Å²) >= 11 is 0. The Morgan fingerprint density at radius 1 is 1.14 bits per heavy atom. The highest BCUT2D eigenvalue weighted by Gasteiger charge is 2.50. The van der Waals surface area contributed by atoms with Gasteiger partial charge in [-0.15, -0.1) is 0 Å².